The highest BCUT2D eigenvalue weighted by molar-refractivity contribution is 6.33. The van der Waals surface area contributed by atoms with Crippen LogP contribution in [0.2, 0.25) is 5.02 Å². The van der Waals surface area contributed by atoms with Crippen molar-refractivity contribution in [2.45, 2.75) is 44.3 Å². The molecule has 2 aliphatic heterocycles. The summed E-state index contributed by atoms with van der Waals surface area (Å²) in [6, 6.07) is 4.42. The maximum Gasteiger partial charge on any atom is 0.490 e. The predicted molar refractivity (Wildman–Crippen MR) is 158 cm³/mol. The molecule has 4 N–H and O–H groups in total. The maximum absolute atomic E-state index is 13.3. The number of aromatic amines is 2. The van der Waals surface area contributed by atoms with Gasteiger partial charge in [0.15, 0.2) is 17.1 Å². The second-order valence-corrected chi connectivity index (χ2v) is 11.8. The first-order valence-corrected chi connectivity index (χ1v) is 15.2. The number of piperazine rings is 1. The molecule has 4 heterocycles. The first kappa shape index (κ1) is 35.7. The molecule has 3 aromatic rings. The zero-order chi connectivity index (χ0) is 35.7. The lowest BCUT2D eigenvalue weighted by atomic mass is 9.90. The molecule has 0 spiro atoms. The number of esters is 1. The number of carbonyl (C=O) groups is 4. The van der Waals surface area contributed by atoms with Gasteiger partial charge >= 0.3 is 18.3 Å². The van der Waals surface area contributed by atoms with Gasteiger partial charge in [0.2, 0.25) is 0 Å². The summed E-state index contributed by atoms with van der Waals surface area (Å²) < 4.78 is 83.6. The van der Waals surface area contributed by atoms with Crippen LogP contribution in [0.15, 0.2) is 24.4 Å². The molecule has 0 bridgehead atoms. The van der Waals surface area contributed by atoms with Crippen molar-refractivity contribution in [2.24, 2.45) is 0 Å². The summed E-state index contributed by atoms with van der Waals surface area (Å²) in [6.45, 7) is 1.72. The van der Waals surface area contributed by atoms with E-state index in [0.29, 0.717) is 5.56 Å². The number of amides is 3. The molecule has 0 saturated carbocycles. The second kappa shape index (κ2) is 13.7. The normalized spacial score (nSPS) is 16.7. The Morgan fingerprint density at radius 3 is 2.29 bits per heavy atom. The van der Waals surface area contributed by atoms with Gasteiger partial charge in [0.1, 0.15) is 0 Å². The Bertz CT molecular complexity index is 1740. The van der Waals surface area contributed by atoms with E-state index >= 15 is 0 Å². The summed E-state index contributed by atoms with van der Waals surface area (Å²) in [5, 5.41) is 11.1. The van der Waals surface area contributed by atoms with E-state index in [1.807, 2.05) is 0 Å². The molecule has 13 nitrogen and oxygen atoms in total. The number of benzene rings is 1. The third kappa shape index (κ3) is 7.66. The van der Waals surface area contributed by atoms with Crippen molar-refractivity contribution in [2.75, 3.05) is 39.3 Å². The minimum absolute atomic E-state index is 0.0166. The van der Waals surface area contributed by atoms with Crippen molar-refractivity contribution in [3.63, 3.8) is 0 Å². The maximum atomic E-state index is 13.3. The van der Waals surface area contributed by atoms with Crippen LogP contribution in [0.25, 0.3) is 11.3 Å². The van der Waals surface area contributed by atoms with E-state index in [2.05, 4.69) is 30.8 Å². The Morgan fingerprint density at radius 2 is 1.67 bits per heavy atom. The molecule has 2 fully saturated rings. The summed E-state index contributed by atoms with van der Waals surface area (Å²) >= 11 is 6.40. The number of alkyl halides is 6. The largest absolute Gasteiger partial charge is 0.490 e. The zero-order valence-corrected chi connectivity index (χ0v) is 26.4. The third-order valence-electron chi connectivity index (χ3n) is 8.17. The van der Waals surface area contributed by atoms with Gasteiger partial charge in [-0.25, -0.2) is 9.78 Å². The number of aryl methyl sites for hydroxylation is 1. The number of ether oxygens (including phenoxy) is 1. The molecule has 0 unspecified atom stereocenters. The number of aromatic nitrogens is 4. The first-order valence-electron chi connectivity index (χ1n) is 14.8. The Balaban J connectivity index is 1.17. The Hall–Kier alpha value is -4.65. The van der Waals surface area contributed by atoms with Crippen molar-refractivity contribution in [1.29, 1.82) is 0 Å². The molecule has 2 aliphatic rings. The third-order valence-corrected chi connectivity index (χ3v) is 8.48. The van der Waals surface area contributed by atoms with Gasteiger partial charge in [-0.3, -0.25) is 19.5 Å². The van der Waals surface area contributed by atoms with E-state index in [-0.39, 0.29) is 92.0 Å². The van der Waals surface area contributed by atoms with Gasteiger partial charge in [0.25, 0.3) is 17.7 Å². The van der Waals surface area contributed by atoms with Crippen LogP contribution >= 0.6 is 11.6 Å². The molecule has 2 saturated heterocycles. The quantitative estimate of drug-likeness (QED) is 0.214. The highest BCUT2D eigenvalue weighted by Gasteiger charge is 2.52. The van der Waals surface area contributed by atoms with Crippen LogP contribution in [0, 0.1) is 6.92 Å². The second-order valence-electron chi connectivity index (χ2n) is 11.4. The van der Waals surface area contributed by atoms with E-state index in [9.17, 15) is 45.5 Å². The average molecular weight is 719 g/mol. The van der Waals surface area contributed by atoms with Crippen LogP contribution in [0.4, 0.5) is 26.3 Å². The lowest BCUT2D eigenvalue weighted by Crippen LogP contribution is -2.61. The minimum atomic E-state index is -5.26. The average Bonchev–Trinajstić information content (AvgIpc) is 3.70. The summed E-state index contributed by atoms with van der Waals surface area (Å²) in [5.74, 6) is -4.62. The number of hydrogen-bond donors (Lipinski definition) is 4. The van der Waals surface area contributed by atoms with Crippen LogP contribution in [0.1, 0.15) is 50.8 Å². The molecule has 20 heteroatoms. The molecule has 3 amide bonds. The Morgan fingerprint density at radius 1 is 1.02 bits per heavy atom. The van der Waals surface area contributed by atoms with Gasteiger partial charge in [-0.05, 0) is 37.7 Å². The summed E-state index contributed by atoms with van der Waals surface area (Å²) in [6.07, 6.45) is -9.18. The molecule has 5 rings (SSSR count). The zero-order valence-electron chi connectivity index (χ0n) is 25.6. The Kier molecular flexibility index (Phi) is 9.96. The number of nitrogens with one attached hydrogen (secondary N) is 4. The monoisotopic (exact) mass is 718 g/mol. The van der Waals surface area contributed by atoms with Gasteiger partial charge < -0.3 is 30.2 Å². The molecule has 0 atom stereocenters. The number of imidazole rings is 1. The number of piperidine rings is 1. The van der Waals surface area contributed by atoms with E-state index in [0.717, 1.165) is 6.20 Å². The van der Waals surface area contributed by atoms with Crippen molar-refractivity contribution in [3.05, 3.63) is 57.8 Å². The van der Waals surface area contributed by atoms with Crippen LogP contribution in [-0.2, 0) is 27.0 Å². The fourth-order valence-corrected chi connectivity index (χ4v) is 5.92. The lowest BCUT2D eigenvalue weighted by Gasteiger charge is -2.42. The van der Waals surface area contributed by atoms with Gasteiger partial charge in [0.05, 0.1) is 28.0 Å². The highest BCUT2D eigenvalue weighted by atomic mass is 35.5. The molecule has 264 valence electrons. The van der Waals surface area contributed by atoms with Crippen molar-refractivity contribution >= 4 is 35.3 Å². The number of rotatable bonds is 7. The number of carbonyl (C=O) groups excluding carboxylic acids is 4. The first-order chi connectivity index (χ1) is 23.0. The lowest BCUT2D eigenvalue weighted by molar-refractivity contribution is -0.218. The molecular formula is C29H29ClF6N8O5. The van der Waals surface area contributed by atoms with Gasteiger partial charge in [0, 0.05) is 51.3 Å². The van der Waals surface area contributed by atoms with Gasteiger partial charge in [-0.2, -0.15) is 31.4 Å². The fraction of sp³-hybridized carbons (Fsp3) is 0.448. The number of halogens is 7. The van der Waals surface area contributed by atoms with Crippen molar-refractivity contribution < 1.29 is 50.3 Å². The topological polar surface area (TPSA) is 165 Å². The molecule has 0 radical (unpaired) electrons. The summed E-state index contributed by atoms with van der Waals surface area (Å²) in [4.78, 5) is 60.1. The van der Waals surface area contributed by atoms with E-state index < -0.39 is 47.3 Å². The minimum Gasteiger partial charge on any atom is -0.442 e. The number of hydrogen-bond acceptors (Lipinski definition) is 8. The highest BCUT2D eigenvalue weighted by Crippen LogP contribution is 2.36. The molecular weight excluding hydrogens is 690 g/mol. The Labute approximate surface area is 278 Å². The molecule has 2 aromatic heterocycles. The van der Waals surface area contributed by atoms with E-state index in [1.54, 1.807) is 0 Å². The summed E-state index contributed by atoms with van der Waals surface area (Å²) in [7, 11) is 0. The van der Waals surface area contributed by atoms with Crippen LogP contribution in [0.3, 0.4) is 0 Å². The van der Waals surface area contributed by atoms with Crippen LogP contribution in [-0.4, -0.2) is 105 Å². The smallest absolute Gasteiger partial charge is 0.442 e. The van der Waals surface area contributed by atoms with E-state index in [4.69, 9.17) is 16.3 Å². The molecule has 0 aliphatic carbocycles. The van der Waals surface area contributed by atoms with E-state index in [1.165, 1.54) is 34.9 Å². The van der Waals surface area contributed by atoms with Crippen molar-refractivity contribution in [3.8, 4) is 11.3 Å². The van der Waals surface area contributed by atoms with Gasteiger partial charge in [-0.1, -0.05) is 17.7 Å². The number of nitrogens with zero attached hydrogens (tertiary/aromatic N) is 4. The van der Waals surface area contributed by atoms with Crippen LogP contribution < -0.4 is 10.6 Å². The van der Waals surface area contributed by atoms with Crippen molar-refractivity contribution in [1.82, 2.24) is 40.6 Å². The predicted octanol–water partition coefficient (Wildman–Crippen LogP) is 3.22. The van der Waals surface area contributed by atoms with Crippen LogP contribution in [0.5, 0.6) is 0 Å². The molecule has 49 heavy (non-hydrogen) atoms. The van der Waals surface area contributed by atoms with Gasteiger partial charge in [-0.15, -0.1) is 0 Å². The molecule has 1 aromatic carbocycles. The standard InChI is InChI=1S/C29H29ClF6N8O5/c1-15-20(21(42-41-15)28(31,32)33)19-14-38-22(40-19)23(45)39-13-16-2-3-17(18(30)12-16)24(46)43-8-10-44(11-9-43)25(47)27(4-6-37-7-5-27)49-26(48)29(34,35)36/h2-3,12,14,37H,4-11,13H2,1H3,(H,38,40)(H,39,45)(H,41,42). The fourth-order valence-electron chi connectivity index (χ4n) is 5.63. The number of H-pyrrole nitrogens is 2. The SMILES string of the molecule is Cc1[nH]nc(C(F)(F)F)c1-c1cnc(C(=O)NCc2ccc(C(=O)N3CCN(C(=O)C4(OC(=O)C(F)(F)F)CCNCC4)CC3)c(Cl)c2)[nH]1. The summed E-state index contributed by atoms with van der Waals surface area (Å²) in [5.41, 5.74) is -2.71.